The molecule has 0 aliphatic carbocycles. The molecule has 1 aromatic carbocycles. The Morgan fingerprint density at radius 3 is 2.68 bits per heavy atom. The number of amides is 1. The maximum atomic E-state index is 11.9. The van der Waals surface area contributed by atoms with Gasteiger partial charge in [-0.05, 0) is 18.4 Å². The first-order chi connectivity index (χ1) is 12.0. The Labute approximate surface area is 148 Å². The first-order valence-corrected chi connectivity index (χ1v) is 8.64. The van der Waals surface area contributed by atoms with E-state index in [1.54, 1.807) is 11.2 Å². The summed E-state index contributed by atoms with van der Waals surface area (Å²) in [6.45, 7) is 6.96. The van der Waals surface area contributed by atoms with Crippen molar-refractivity contribution in [1.82, 2.24) is 14.9 Å². The van der Waals surface area contributed by atoms with Crippen molar-refractivity contribution < 1.29 is 4.79 Å². The summed E-state index contributed by atoms with van der Waals surface area (Å²) in [6, 6.07) is 10.5. The highest BCUT2D eigenvalue weighted by molar-refractivity contribution is 5.82. The molecule has 1 aliphatic rings. The molecule has 1 aliphatic heterocycles. The molecule has 2 heterocycles. The van der Waals surface area contributed by atoms with Crippen molar-refractivity contribution in [3.8, 4) is 0 Å². The second-order valence-corrected chi connectivity index (χ2v) is 6.69. The molecule has 1 atom stereocenters. The van der Waals surface area contributed by atoms with Gasteiger partial charge in [0, 0.05) is 32.7 Å². The van der Waals surface area contributed by atoms with Crippen molar-refractivity contribution in [3.05, 3.63) is 47.8 Å². The Bertz CT molecular complexity index is 731. The molecule has 25 heavy (non-hydrogen) atoms. The minimum atomic E-state index is 0.118. The van der Waals surface area contributed by atoms with E-state index >= 15 is 0 Å². The molecule has 0 spiro atoms. The highest BCUT2D eigenvalue weighted by Gasteiger charge is 2.22. The summed E-state index contributed by atoms with van der Waals surface area (Å²) < 4.78 is 0. The lowest BCUT2D eigenvalue weighted by molar-refractivity contribution is -0.129. The molecule has 1 fully saturated rings. The Kier molecular flexibility index (Phi) is 5.16. The van der Waals surface area contributed by atoms with Crippen molar-refractivity contribution in [2.75, 3.05) is 43.4 Å². The molecule has 1 amide bonds. The Morgan fingerprint density at radius 2 is 1.96 bits per heavy atom. The standard InChI is InChI=1S/C19H25N5O/c1-14-4-6-16(7-5-14)15(2)11-20-17-10-18(22-13-21-17)24-9-8-23(3)19(25)12-24/h4-7,10,13,15H,8-9,11-12H2,1-3H3,(H,20,21,22). The van der Waals surface area contributed by atoms with Crippen LogP contribution in [0.15, 0.2) is 36.7 Å². The van der Waals surface area contributed by atoms with Gasteiger partial charge in [-0.1, -0.05) is 36.8 Å². The molecule has 0 bridgehead atoms. The minimum absolute atomic E-state index is 0.118. The van der Waals surface area contributed by atoms with Crippen LogP contribution >= 0.6 is 0 Å². The van der Waals surface area contributed by atoms with Gasteiger partial charge in [0.25, 0.3) is 0 Å². The lowest BCUT2D eigenvalue weighted by atomic mass is 10.0. The number of aryl methyl sites for hydroxylation is 1. The van der Waals surface area contributed by atoms with Crippen LogP contribution in [0.4, 0.5) is 11.6 Å². The average Bonchev–Trinajstić information content (AvgIpc) is 2.63. The number of benzene rings is 1. The second-order valence-electron chi connectivity index (χ2n) is 6.69. The fourth-order valence-corrected chi connectivity index (χ4v) is 2.84. The van der Waals surface area contributed by atoms with Crippen molar-refractivity contribution in [2.24, 2.45) is 0 Å². The average molecular weight is 339 g/mol. The monoisotopic (exact) mass is 339 g/mol. The van der Waals surface area contributed by atoms with Gasteiger partial charge in [-0.15, -0.1) is 0 Å². The predicted octanol–water partition coefficient (Wildman–Crippen LogP) is 2.28. The van der Waals surface area contributed by atoms with Gasteiger partial charge >= 0.3 is 0 Å². The van der Waals surface area contributed by atoms with E-state index < -0.39 is 0 Å². The van der Waals surface area contributed by atoms with Crippen LogP contribution in [-0.2, 0) is 4.79 Å². The van der Waals surface area contributed by atoms with E-state index in [-0.39, 0.29) is 5.91 Å². The van der Waals surface area contributed by atoms with Crippen LogP contribution in [0, 0.1) is 6.92 Å². The molecule has 0 saturated carbocycles. The van der Waals surface area contributed by atoms with Gasteiger partial charge in [0.1, 0.15) is 18.0 Å². The highest BCUT2D eigenvalue weighted by Crippen LogP contribution is 2.19. The number of nitrogens with one attached hydrogen (secondary N) is 1. The number of rotatable bonds is 5. The van der Waals surface area contributed by atoms with Crippen LogP contribution in [0.2, 0.25) is 0 Å². The van der Waals surface area contributed by atoms with Gasteiger partial charge in [-0.3, -0.25) is 4.79 Å². The van der Waals surface area contributed by atoms with E-state index in [4.69, 9.17) is 0 Å². The lowest BCUT2D eigenvalue weighted by Crippen LogP contribution is -2.48. The molecule has 3 rings (SSSR count). The van der Waals surface area contributed by atoms with Gasteiger partial charge in [-0.25, -0.2) is 9.97 Å². The summed E-state index contributed by atoms with van der Waals surface area (Å²) in [5.74, 6) is 2.08. The molecule has 132 valence electrons. The largest absolute Gasteiger partial charge is 0.369 e. The predicted molar refractivity (Wildman–Crippen MR) is 100.0 cm³/mol. The number of hydrogen-bond donors (Lipinski definition) is 1. The molecular weight excluding hydrogens is 314 g/mol. The summed E-state index contributed by atoms with van der Waals surface area (Å²) in [7, 11) is 1.83. The van der Waals surface area contributed by atoms with Crippen molar-refractivity contribution in [1.29, 1.82) is 0 Å². The molecule has 1 saturated heterocycles. The molecule has 1 unspecified atom stereocenters. The van der Waals surface area contributed by atoms with Crippen LogP contribution in [0.3, 0.4) is 0 Å². The van der Waals surface area contributed by atoms with Gasteiger partial charge in [0.2, 0.25) is 5.91 Å². The van der Waals surface area contributed by atoms with Gasteiger partial charge in [-0.2, -0.15) is 0 Å². The normalized spacial score (nSPS) is 16.0. The van der Waals surface area contributed by atoms with E-state index in [1.165, 1.54) is 11.1 Å². The number of nitrogens with zero attached hydrogens (tertiary/aromatic N) is 4. The maximum Gasteiger partial charge on any atom is 0.241 e. The molecule has 6 heteroatoms. The second kappa shape index (κ2) is 7.51. The molecule has 2 aromatic rings. The fourth-order valence-electron chi connectivity index (χ4n) is 2.84. The molecule has 1 aromatic heterocycles. The molecular formula is C19H25N5O. The summed E-state index contributed by atoms with van der Waals surface area (Å²) in [4.78, 5) is 24.3. The van der Waals surface area contributed by atoms with Crippen LogP contribution in [0.5, 0.6) is 0 Å². The SMILES string of the molecule is Cc1ccc(C(C)CNc2cc(N3CCN(C)C(=O)C3)ncn2)cc1. The van der Waals surface area contributed by atoms with E-state index in [1.807, 2.05) is 18.0 Å². The van der Waals surface area contributed by atoms with E-state index in [0.717, 1.165) is 31.3 Å². The zero-order valence-electron chi connectivity index (χ0n) is 15.1. The third kappa shape index (κ3) is 4.26. The first kappa shape index (κ1) is 17.2. The third-order valence-corrected chi connectivity index (χ3v) is 4.67. The Balaban J connectivity index is 1.62. The summed E-state index contributed by atoms with van der Waals surface area (Å²) in [6.07, 6.45) is 1.55. The van der Waals surface area contributed by atoms with Gasteiger partial charge < -0.3 is 15.1 Å². The number of carbonyl (C=O) groups is 1. The summed E-state index contributed by atoms with van der Waals surface area (Å²) in [5.41, 5.74) is 2.57. The topological polar surface area (TPSA) is 61.4 Å². The summed E-state index contributed by atoms with van der Waals surface area (Å²) in [5, 5.41) is 3.38. The Morgan fingerprint density at radius 1 is 1.20 bits per heavy atom. The van der Waals surface area contributed by atoms with Gasteiger partial charge in [0.15, 0.2) is 0 Å². The number of aromatic nitrogens is 2. The van der Waals surface area contributed by atoms with Crippen molar-refractivity contribution >= 4 is 17.5 Å². The van der Waals surface area contributed by atoms with E-state index in [0.29, 0.717) is 12.5 Å². The van der Waals surface area contributed by atoms with Crippen molar-refractivity contribution in [3.63, 3.8) is 0 Å². The van der Waals surface area contributed by atoms with Gasteiger partial charge in [0.05, 0.1) is 6.54 Å². The summed E-state index contributed by atoms with van der Waals surface area (Å²) >= 11 is 0. The van der Waals surface area contributed by atoms with E-state index in [9.17, 15) is 4.79 Å². The number of likely N-dealkylation sites (N-methyl/N-ethyl adjacent to an activating group) is 1. The number of carbonyl (C=O) groups excluding carboxylic acids is 1. The van der Waals surface area contributed by atoms with Crippen LogP contribution in [0.1, 0.15) is 24.0 Å². The number of piperazine rings is 1. The lowest BCUT2D eigenvalue weighted by Gasteiger charge is -2.32. The maximum absolute atomic E-state index is 11.9. The first-order valence-electron chi connectivity index (χ1n) is 8.64. The third-order valence-electron chi connectivity index (χ3n) is 4.67. The fraction of sp³-hybridized carbons (Fsp3) is 0.421. The Hall–Kier alpha value is -2.63. The molecule has 1 N–H and O–H groups in total. The van der Waals surface area contributed by atoms with Crippen molar-refractivity contribution in [2.45, 2.75) is 19.8 Å². The van der Waals surface area contributed by atoms with E-state index in [2.05, 4.69) is 53.4 Å². The van der Waals surface area contributed by atoms with Crippen LogP contribution in [-0.4, -0.2) is 54.0 Å². The molecule has 0 radical (unpaired) electrons. The smallest absolute Gasteiger partial charge is 0.241 e. The number of hydrogen-bond acceptors (Lipinski definition) is 5. The highest BCUT2D eigenvalue weighted by atomic mass is 16.2. The zero-order chi connectivity index (χ0) is 17.8. The van der Waals surface area contributed by atoms with Crippen LogP contribution in [0.25, 0.3) is 0 Å². The zero-order valence-corrected chi connectivity index (χ0v) is 15.1. The molecule has 6 nitrogen and oxygen atoms in total. The quantitative estimate of drug-likeness (QED) is 0.905. The number of anilines is 2. The minimum Gasteiger partial charge on any atom is -0.369 e. The van der Waals surface area contributed by atoms with Crippen LogP contribution < -0.4 is 10.2 Å².